The minimum absolute atomic E-state index is 0.156. The Bertz CT molecular complexity index is 657. The number of carboxylic acids is 1. The second kappa shape index (κ2) is 6.29. The number of hydrogen-bond donors (Lipinski definition) is 1. The van der Waals surface area contributed by atoms with Crippen LogP contribution in [0.3, 0.4) is 0 Å². The molecule has 0 aromatic heterocycles. The van der Waals surface area contributed by atoms with E-state index >= 15 is 0 Å². The Kier molecular flexibility index (Phi) is 4.81. The molecular formula is C14H17F2NO4S. The van der Waals surface area contributed by atoms with Gasteiger partial charge in [0.05, 0.1) is 11.7 Å². The lowest BCUT2D eigenvalue weighted by Crippen LogP contribution is -2.49. The number of benzene rings is 1. The third-order valence-corrected chi connectivity index (χ3v) is 5.88. The molecule has 1 N–H and O–H groups in total. The predicted octanol–water partition coefficient (Wildman–Crippen LogP) is 1.98. The minimum atomic E-state index is -4.01. The molecule has 1 saturated heterocycles. The maximum atomic E-state index is 13.6. The van der Waals surface area contributed by atoms with Crippen molar-refractivity contribution >= 4 is 16.0 Å². The van der Waals surface area contributed by atoms with Crippen LogP contribution in [0.15, 0.2) is 18.2 Å². The molecule has 1 aliphatic rings. The molecule has 1 heterocycles. The maximum absolute atomic E-state index is 13.6. The van der Waals surface area contributed by atoms with Crippen molar-refractivity contribution < 1.29 is 27.1 Å². The van der Waals surface area contributed by atoms with E-state index in [0.717, 1.165) is 22.5 Å². The largest absolute Gasteiger partial charge is 0.481 e. The smallest absolute Gasteiger partial charge is 0.308 e. The number of nitrogens with zero attached hydrogens (tertiary/aromatic N) is 1. The number of rotatable bonds is 4. The second-order valence-electron chi connectivity index (χ2n) is 5.39. The molecular weight excluding hydrogens is 316 g/mol. The molecule has 5 nitrogen and oxygen atoms in total. The summed E-state index contributed by atoms with van der Waals surface area (Å²) in [6.45, 7) is 1.66. The molecule has 0 bridgehead atoms. The summed E-state index contributed by atoms with van der Waals surface area (Å²) in [5, 5.41) is 9.13. The Balaban J connectivity index is 2.28. The number of carboxylic acid groups (broad SMARTS) is 1. The highest BCUT2D eigenvalue weighted by molar-refractivity contribution is 7.88. The van der Waals surface area contributed by atoms with Crippen molar-refractivity contribution in [3.63, 3.8) is 0 Å². The molecule has 1 aromatic carbocycles. The van der Waals surface area contributed by atoms with Gasteiger partial charge in [-0.3, -0.25) is 4.79 Å². The van der Waals surface area contributed by atoms with Gasteiger partial charge in [0, 0.05) is 18.2 Å². The summed E-state index contributed by atoms with van der Waals surface area (Å²) in [6, 6.07) is 2.40. The fourth-order valence-electron chi connectivity index (χ4n) is 2.77. The second-order valence-corrected chi connectivity index (χ2v) is 7.32. The topological polar surface area (TPSA) is 74.7 Å². The van der Waals surface area contributed by atoms with E-state index in [2.05, 4.69) is 0 Å². The molecule has 0 saturated carbocycles. The summed E-state index contributed by atoms with van der Waals surface area (Å²) >= 11 is 0. The van der Waals surface area contributed by atoms with Gasteiger partial charge in [0.25, 0.3) is 0 Å². The SMILES string of the molecule is C[C@@H]1[C@H](C(=O)O)CCCN1S(=O)(=O)Cc1c(F)cccc1F. The highest BCUT2D eigenvalue weighted by atomic mass is 32.2. The standard InChI is InChI=1S/C14H17F2NO4S/c1-9-10(14(18)19)4-3-7-17(9)22(20,21)8-11-12(15)5-2-6-13(11)16/h2,5-6,9-10H,3-4,7-8H2,1H3,(H,18,19)/t9-,10-/m1/s1. The highest BCUT2D eigenvalue weighted by Crippen LogP contribution is 2.28. The van der Waals surface area contributed by atoms with Gasteiger partial charge >= 0.3 is 5.97 Å². The highest BCUT2D eigenvalue weighted by Gasteiger charge is 2.39. The van der Waals surface area contributed by atoms with Gasteiger partial charge in [0.2, 0.25) is 10.0 Å². The number of hydrogen-bond acceptors (Lipinski definition) is 3. The molecule has 0 radical (unpaired) electrons. The van der Waals surface area contributed by atoms with Crippen molar-refractivity contribution in [1.29, 1.82) is 0 Å². The number of carbonyl (C=O) groups is 1. The Hall–Kier alpha value is -1.54. The molecule has 0 amide bonds. The third kappa shape index (κ3) is 3.27. The summed E-state index contributed by atoms with van der Waals surface area (Å²) in [5.41, 5.74) is -0.521. The van der Waals surface area contributed by atoms with Crippen LogP contribution >= 0.6 is 0 Å². The van der Waals surface area contributed by atoms with Gasteiger partial charge in [-0.2, -0.15) is 4.31 Å². The van der Waals surface area contributed by atoms with E-state index in [4.69, 9.17) is 5.11 Å². The third-order valence-electron chi connectivity index (χ3n) is 3.99. The zero-order valence-corrected chi connectivity index (χ0v) is 12.8. The number of piperidine rings is 1. The first kappa shape index (κ1) is 16.8. The monoisotopic (exact) mass is 333 g/mol. The molecule has 1 aliphatic heterocycles. The number of sulfonamides is 1. The number of halogens is 2. The Morgan fingerprint density at radius 2 is 1.95 bits per heavy atom. The van der Waals surface area contributed by atoms with Crippen molar-refractivity contribution in [1.82, 2.24) is 4.31 Å². The molecule has 0 unspecified atom stereocenters. The molecule has 0 spiro atoms. The molecule has 1 fully saturated rings. The quantitative estimate of drug-likeness (QED) is 0.914. The first-order chi connectivity index (χ1) is 10.2. The number of aliphatic carboxylic acids is 1. The first-order valence-electron chi connectivity index (χ1n) is 6.89. The Morgan fingerprint density at radius 3 is 2.50 bits per heavy atom. The van der Waals surface area contributed by atoms with Gasteiger partial charge < -0.3 is 5.11 Å². The van der Waals surface area contributed by atoms with Crippen molar-refractivity contribution in [2.75, 3.05) is 6.54 Å². The van der Waals surface area contributed by atoms with E-state index in [-0.39, 0.29) is 6.54 Å². The van der Waals surface area contributed by atoms with Crippen LogP contribution < -0.4 is 0 Å². The summed E-state index contributed by atoms with van der Waals surface area (Å²) < 4.78 is 53.2. The Morgan fingerprint density at radius 1 is 1.36 bits per heavy atom. The predicted molar refractivity (Wildman–Crippen MR) is 75.5 cm³/mol. The molecule has 2 rings (SSSR count). The van der Waals surface area contributed by atoms with Gasteiger partial charge in [-0.05, 0) is 31.9 Å². The minimum Gasteiger partial charge on any atom is -0.481 e. The average Bonchev–Trinajstić information content (AvgIpc) is 2.43. The van der Waals surface area contributed by atoms with Crippen LogP contribution in [0, 0.1) is 17.6 Å². The lowest BCUT2D eigenvalue weighted by atomic mass is 9.92. The summed E-state index contributed by atoms with van der Waals surface area (Å²) in [6.07, 6.45) is 0.789. The summed E-state index contributed by atoms with van der Waals surface area (Å²) in [7, 11) is -4.01. The van der Waals surface area contributed by atoms with E-state index in [1.165, 1.54) is 6.92 Å². The van der Waals surface area contributed by atoms with Crippen LogP contribution in [0.4, 0.5) is 8.78 Å². The Labute approximate surface area is 127 Å². The van der Waals surface area contributed by atoms with E-state index in [9.17, 15) is 22.0 Å². The van der Waals surface area contributed by atoms with Gasteiger partial charge in [-0.15, -0.1) is 0 Å². The van der Waals surface area contributed by atoms with Gasteiger partial charge in [-0.25, -0.2) is 17.2 Å². The summed E-state index contributed by atoms with van der Waals surface area (Å²) in [4.78, 5) is 11.2. The van der Waals surface area contributed by atoms with Gasteiger partial charge in [0.1, 0.15) is 11.6 Å². The van der Waals surface area contributed by atoms with E-state index in [0.29, 0.717) is 12.8 Å². The van der Waals surface area contributed by atoms with Crippen molar-refractivity contribution in [3.8, 4) is 0 Å². The molecule has 8 heteroatoms. The lowest BCUT2D eigenvalue weighted by Gasteiger charge is -2.36. The van der Waals surface area contributed by atoms with E-state index in [1.807, 2.05) is 0 Å². The zero-order valence-electron chi connectivity index (χ0n) is 12.0. The van der Waals surface area contributed by atoms with Crippen LogP contribution in [-0.4, -0.2) is 36.4 Å². The van der Waals surface area contributed by atoms with Crippen molar-refractivity contribution in [2.45, 2.75) is 31.6 Å². The molecule has 22 heavy (non-hydrogen) atoms. The van der Waals surface area contributed by atoms with E-state index in [1.54, 1.807) is 0 Å². The fourth-order valence-corrected chi connectivity index (χ4v) is 4.64. The normalized spacial score (nSPS) is 23.4. The van der Waals surface area contributed by atoms with Gasteiger partial charge in [0.15, 0.2) is 0 Å². The molecule has 0 aliphatic carbocycles. The van der Waals surface area contributed by atoms with Crippen LogP contribution in [0.1, 0.15) is 25.3 Å². The van der Waals surface area contributed by atoms with E-state index < -0.39 is 50.9 Å². The molecule has 122 valence electrons. The fraction of sp³-hybridized carbons (Fsp3) is 0.500. The molecule has 2 atom stereocenters. The average molecular weight is 333 g/mol. The van der Waals surface area contributed by atoms with Crippen LogP contribution in [-0.2, 0) is 20.6 Å². The first-order valence-corrected chi connectivity index (χ1v) is 8.50. The van der Waals surface area contributed by atoms with Gasteiger partial charge in [-0.1, -0.05) is 6.07 Å². The van der Waals surface area contributed by atoms with Crippen LogP contribution in [0.25, 0.3) is 0 Å². The zero-order chi connectivity index (χ0) is 16.5. The van der Waals surface area contributed by atoms with Crippen LogP contribution in [0.5, 0.6) is 0 Å². The van der Waals surface area contributed by atoms with Crippen molar-refractivity contribution in [3.05, 3.63) is 35.4 Å². The maximum Gasteiger partial charge on any atom is 0.308 e. The summed E-state index contributed by atoms with van der Waals surface area (Å²) in [5.74, 6) is -4.55. The lowest BCUT2D eigenvalue weighted by molar-refractivity contribution is -0.144. The molecule has 1 aromatic rings. The van der Waals surface area contributed by atoms with Crippen molar-refractivity contribution in [2.24, 2.45) is 5.92 Å². The van der Waals surface area contributed by atoms with Crippen LogP contribution in [0.2, 0.25) is 0 Å².